The average molecular weight is 287 g/mol. The van der Waals surface area contributed by atoms with Gasteiger partial charge >= 0.3 is 5.97 Å². The molecule has 0 aliphatic carbocycles. The van der Waals surface area contributed by atoms with Crippen molar-refractivity contribution in [2.45, 2.75) is 20.3 Å². The molecule has 2 N–H and O–H groups in total. The highest BCUT2D eigenvalue weighted by molar-refractivity contribution is 6.33. The number of hydrogen-bond acceptors (Lipinski definition) is 4. The number of aromatic hydroxyl groups is 1. The van der Waals surface area contributed by atoms with E-state index in [1.165, 1.54) is 0 Å². The molecular formula is C13H15ClO5. The van der Waals surface area contributed by atoms with E-state index in [-0.39, 0.29) is 17.2 Å². The molecule has 0 fully saturated rings. The Hall–Kier alpha value is -1.62. The smallest absolute Gasteiger partial charge is 0.309 e. The van der Waals surface area contributed by atoms with Crippen LogP contribution in [0.25, 0.3) is 0 Å². The van der Waals surface area contributed by atoms with Crippen LogP contribution in [0.4, 0.5) is 0 Å². The fourth-order valence-corrected chi connectivity index (χ4v) is 2.14. The Kier molecular flexibility index (Phi) is 3.49. The predicted octanol–water partition coefficient (Wildman–Crippen LogP) is 2.47. The molecule has 1 heterocycles. The molecule has 0 atom stereocenters. The van der Waals surface area contributed by atoms with Gasteiger partial charge in [-0.3, -0.25) is 4.79 Å². The third-order valence-corrected chi connectivity index (χ3v) is 3.39. The SMILES string of the molecule is CC(C)(Cc1cc2c(c(Cl)c1O)OCCO2)C(=O)O. The van der Waals surface area contributed by atoms with Gasteiger partial charge in [-0.25, -0.2) is 0 Å². The van der Waals surface area contributed by atoms with Crippen molar-refractivity contribution in [3.63, 3.8) is 0 Å². The van der Waals surface area contributed by atoms with Crippen molar-refractivity contribution in [2.75, 3.05) is 13.2 Å². The summed E-state index contributed by atoms with van der Waals surface area (Å²) >= 11 is 6.02. The number of rotatable bonds is 3. The van der Waals surface area contributed by atoms with Crippen LogP contribution in [-0.4, -0.2) is 29.4 Å². The van der Waals surface area contributed by atoms with Crippen molar-refractivity contribution in [2.24, 2.45) is 5.41 Å². The van der Waals surface area contributed by atoms with Gasteiger partial charge < -0.3 is 19.7 Å². The molecule has 0 aromatic heterocycles. The Balaban J connectivity index is 2.42. The zero-order chi connectivity index (χ0) is 14.2. The van der Waals surface area contributed by atoms with Crippen LogP contribution < -0.4 is 9.47 Å². The molecule has 0 unspecified atom stereocenters. The number of carboxylic acids is 1. The standard InChI is InChI=1S/C13H15ClO5/c1-13(2,12(16)17)6-7-5-8-11(9(14)10(7)15)19-4-3-18-8/h5,15H,3-4,6H2,1-2H3,(H,16,17). The lowest BCUT2D eigenvalue weighted by Crippen LogP contribution is -2.26. The van der Waals surface area contributed by atoms with E-state index >= 15 is 0 Å². The van der Waals surface area contributed by atoms with E-state index in [4.69, 9.17) is 26.2 Å². The lowest BCUT2D eigenvalue weighted by Gasteiger charge is -2.24. The van der Waals surface area contributed by atoms with Gasteiger partial charge in [0, 0.05) is 5.56 Å². The van der Waals surface area contributed by atoms with Crippen LogP contribution in [0.1, 0.15) is 19.4 Å². The fourth-order valence-electron chi connectivity index (χ4n) is 1.87. The number of carboxylic acid groups (broad SMARTS) is 1. The first-order chi connectivity index (χ1) is 8.83. The van der Waals surface area contributed by atoms with E-state index < -0.39 is 11.4 Å². The summed E-state index contributed by atoms with van der Waals surface area (Å²) in [5.74, 6) is -0.356. The summed E-state index contributed by atoms with van der Waals surface area (Å²) in [6, 6.07) is 1.58. The minimum Gasteiger partial charge on any atom is -0.506 e. The molecule has 104 valence electrons. The number of ether oxygens (including phenoxy) is 2. The van der Waals surface area contributed by atoms with Crippen LogP contribution in [0.2, 0.25) is 5.02 Å². The molecule has 1 aromatic rings. The zero-order valence-corrected chi connectivity index (χ0v) is 11.5. The molecule has 1 aromatic carbocycles. The van der Waals surface area contributed by atoms with Gasteiger partial charge in [0.1, 0.15) is 24.0 Å². The van der Waals surface area contributed by atoms with E-state index in [0.29, 0.717) is 30.3 Å². The average Bonchev–Trinajstić information content (AvgIpc) is 2.35. The number of phenols is 1. The Morgan fingerprint density at radius 3 is 2.68 bits per heavy atom. The molecule has 5 nitrogen and oxygen atoms in total. The van der Waals surface area contributed by atoms with Crippen LogP contribution in [0.15, 0.2) is 6.07 Å². The second kappa shape index (κ2) is 4.81. The molecule has 0 spiro atoms. The summed E-state index contributed by atoms with van der Waals surface area (Å²) in [5.41, 5.74) is -0.577. The Labute approximate surface area is 115 Å². The summed E-state index contributed by atoms with van der Waals surface area (Å²) in [7, 11) is 0. The van der Waals surface area contributed by atoms with E-state index in [9.17, 15) is 9.90 Å². The maximum atomic E-state index is 11.1. The number of hydrogen-bond donors (Lipinski definition) is 2. The summed E-state index contributed by atoms with van der Waals surface area (Å²) in [5, 5.41) is 19.2. The number of fused-ring (bicyclic) bond motifs is 1. The number of carbonyl (C=O) groups is 1. The van der Waals surface area contributed by atoms with E-state index in [1.54, 1.807) is 19.9 Å². The van der Waals surface area contributed by atoms with Crippen LogP contribution in [0, 0.1) is 5.41 Å². The number of aliphatic carboxylic acids is 1. The van der Waals surface area contributed by atoms with Gasteiger partial charge in [-0.1, -0.05) is 11.6 Å². The normalized spacial score (nSPS) is 14.3. The highest BCUT2D eigenvalue weighted by atomic mass is 35.5. The topological polar surface area (TPSA) is 76.0 Å². The maximum absolute atomic E-state index is 11.1. The summed E-state index contributed by atoms with van der Waals surface area (Å²) < 4.78 is 10.7. The first-order valence-corrected chi connectivity index (χ1v) is 6.24. The van der Waals surface area contributed by atoms with Crippen molar-refractivity contribution in [1.82, 2.24) is 0 Å². The molecule has 0 bridgehead atoms. The number of halogens is 1. The summed E-state index contributed by atoms with van der Waals surface area (Å²) in [6.07, 6.45) is 0.143. The Morgan fingerprint density at radius 1 is 1.42 bits per heavy atom. The van der Waals surface area contributed by atoms with Crippen molar-refractivity contribution in [1.29, 1.82) is 0 Å². The van der Waals surface area contributed by atoms with Crippen LogP contribution >= 0.6 is 11.6 Å². The molecule has 6 heteroatoms. The van der Waals surface area contributed by atoms with Gasteiger partial charge in [0.25, 0.3) is 0 Å². The highest BCUT2D eigenvalue weighted by Gasteiger charge is 2.31. The van der Waals surface area contributed by atoms with Crippen LogP contribution in [-0.2, 0) is 11.2 Å². The fraction of sp³-hybridized carbons (Fsp3) is 0.462. The monoisotopic (exact) mass is 286 g/mol. The highest BCUT2D eigenvalue weighted by Crippen LogP contribution is 2.46. The van der Waals surface area contributed by atoms with Crippen LogP contribution in [0.5, 0.6) is 17.2 Å². The maximum Gasteiger partial charge on any atom is 0.309 e. The summed E-state index contributed by atoms with van der Waals surface area (Å²) in [4.78, 5) is 11.1. The van der Waals surface area contributed by atoms with Gasteiger partial charge in [0.15, 0.2) is 11.5 Å². The molecule has 1 aliphatic rings. The van der Waals surface area contributed by atoms with Gasteiger partial charge in [0.2, 0.25) is 0 Å². The second-order valence-corrected chi connectivity index (χ2v) is 5.47. The van der Waals surface area contributed by atoms with Crippen molar-refractivity contribution in [3.05, 3.63) is 16.7 Å². The zero-order valence-electron chi connectivity index (χ0n) is 10.7. The Morgan fingerprint density at radius 2 is 2.05 bits per heavy atom. The first kappa shape index (κ1) is 13.8. The van der Waals surface area contributed by atoms with Gasteiger partial charge in [-0.05, 0) is 26.3 Å². The minimum atomic E-state index is -1.01. The molecule has 0 saturated carbocycles. The molecule has 0 amide bonds. The molecule has 2 rings (SSSR count). The Bertz CT molecular complexity index is 524. The van der Waals surface area contributed by atoms with Crippen molar-refractivity contribution < 1.29 is 24.5 Å². The molecule has 19 heavy (non-hydrogen) atoms. The quantitative estimate of drug-likeness (QED) is 0.893. The van der Waals surface area contributed by atoms with Crippen molar-refractivity contribution in [3.8, 4) is 17.2 Å². The first-order valence-electron chi connectivity index (χ1n) is 5.86. The third-order valence-electron chi connectivity index (χ3n) is 3.04. The van der Waals surface area contributed by atoms with E-state index in [2.05, 4.69) is 0 Å². The lowest BCUT2D eigenvalue weighted by molar-refractivity contribution is -0.146. The molecule has 1 aliphatic heterocycles. The van der Waals surface area contributed by atoms with E-state index in [1.807, 2.05) is 0 Å². The van der Waals surface area contributed by atoms with Crippen LogP contribution in [0.3, 0.4) is 0 Å². The number of benzene rings is 1. The second-order valence-electron chi connectivity index (χ2n) is 5.09. The summed E-state index contributed by atoms with van der Waals surface area (Å²) in [6.45, 7) is 3.93. The molecule has 0 radical (unpaired) electrons. The molecule has 0 saturated heterocycles. The van der Waals surface area contributed by atoms with E-state index in [0.717, 1.165) is 0 Å². The lowest BCUT2D eigenvalue weighted by atomic mass is 9.85. The third kappa shape index (κ3) is 2.56. The predicted molar refractivity (Wildman–Crippen MR) is 69.2 cm³/mol. The van der Waals surface area contributed by atoms with Gasteiger partial charge in [0.05, 0.1) is 5.41 Å². The van der Waals surface area contributed by atoms with Gasteiger partial charge in [-0.15, -0.1) is 0 Å². The van der Waals surface area contributed by atoms with Gasteiger partial charge in [-0.2, -0.15) is 0 Å². The number of phenolic OH excluding ortho intramolecular Hbond substituents is 1. The largest absolute Gasteiger partial charge is 0.506 e. The molecular weight excluding hydrogens is 272 g/mol. The van der Waals surface area contributed by atoms with Crippen molar-refractivity contribution >= 4 is 17.6 Å². The minimum absolute atomic E-state index is 0.0633.